The highest BCUT2D eigenvalue weighted by Crippen LogP contribution is 2.24. The fourth-order valence-electron chi connectivity index (χ4n) is 2.51. The Labute approximate surface area is 137 Å². The van der Waals surface area contributed by atoms with Crippen LogP contribution >= 0.6 is 23.7 Å². The zero-order valence-corrected chi connectivity index (χ0v) is 14.1. The summed E-state index contributed by atoms with van der Waals surface area (Å²) < 4.78 is 5.77. The van der Waals surface area contributed by atoms with E-state index < -0.39 is 0 Å². The van der Waals surface area contributed by atoms with Crippen LogP contribution in [0.4, 0.5) is 0 Å². The number of hydrogen-bond donors (Lipinski definition) is 1. The highest BCUT2D eigenvalue weighted by molar-refractivity contribution is 7.10. The Morgan fingerprint density at radius 3 is 2.81 bits per heavy atom. The van der Waals surface area contributed by atoms with Crippen molar-refractivity contribution in [3.8, 4) is 0 Å². The van der Waals surface area contributed by atoms with Gasteiger partial charge in [0.15, 0.2) is 0 Å². The van der Waals surface area contributed by atoms with E-state index in [9.17, 15) is 4.79 Å². The molecule has 1 fully saturated rings. The van der Waals surface area contributed by atoms with Gasteiger partial charge >= 0.3 is 0 Å². The Morgan fingerprint density at radius 2 is 2.24 bits per heavy atom. The zero-order chi connectivity index (χ0) is 14.4. The van der Waals surface area contributed by atoms with Crippen molar-refractivity contribution < 1.29 is 9.53 Å². The molecule has 0 spiro atoms. The number of nitrogens with two attached hydrogens (primary N) is 1. The maximum Gasteiger partial charge on any atom is 0.230 e. The summed E-state index contributed by atoms with van der Waals surface area (Å²) >= 11 is 1.65. The van der Waals surface area contributed by atoms with Gasteiger partial charge in [-0.2, -0.15) is 0 Å². The number of carbonyl (C=O) groups is 1. The Morgan fingerprint density at radius 1 is 1.52 bits per heavy atom. The van der Waals surface area contributed by atoms with Crippen molar-refractivity contribution in [2.24, 2.45) is 5.73 Å². The first kappa shape index (κ1) is 18.4. The lowest BCUT2D eigenvalue weighted by molar-refractivity contribution is -0.135. The summed E-state index contributed by atoms with van der Waals surface area (Å²) in [6, 6.07) is 4.04. The summed E-state index contributed by atoms with van der Waals surface area (Å²) in [6.45, 7) is 5.03. The lowest BCUT2D eigenvalue weighted by Gasteiger charge is -2.33. The Hall–Kier alpha value is -0.620. The van der Waals surface area contributed by atoms with Gasteiger partial charge in [0, 0.05) is 24.6 Å². The van der Waals surface area contributed by atoms with Gasteiger partial charge in [0.05, 0.1) is 12.0 Å². The maximum atomic E-state index is 12.4. The summed E-state index contributed by atoms with van der Waals surface area (Å²) in [4.78, 5) is 15.6. The predicted molar refractivity (Wildman–Crippen MR) is 89.2 cm³/mol. The van der Waals surface area contributed by atoms with Crippen LogP contribution in [0.1, 0.15) is 37.0 Å². The van der Waals surface area contributed by atoms with E-state index in [2.05, 4.69) is 0 Å². The first-order chi connectivity index (χ1) is 9.72. The van der Waals surface area contributed by atoms with Crippen molar-refractivity contribution in [2.45, 2.75) is 38.2 Å². The van der Waals surface area contributed by atoms with Crippen LogP contribution in [0.15, 0.2) is 17.5 Å². The molecule has 120 valence electrons. The number of carbonyl (C=O) groups excluding carboxylic acids is 1. The molecule has 2 rings (SSSR count). The van der Waals surface area contributed by atoms with Crippen LogP contribution < -0.4 is 5.73 Å². The van der Waals surface area contributed by atoms with Crippen molar-refractivity contribution in [3.63, 3.8) is 0 Å². The molecule has 0 radical (unpaired) electrons. The normalized spacial score (nSPS) is 17.3. The minimum absolute atomic E-state index is 0. The van der Waals surface area contributed by atoms with Gasteiger partial charge in [0.2, 0.25) is 5.91 Å². The number of rotatable bonds is 6. The van der Waals surface area contributed by atoms with Gasteiger partial charge in [-0.15, -0.1) is 23.7 Å². The minimum atomic E-state index is -0.0234. The maximum absolute atomic E-state index is 12.4. The summed E-state index contributed by atoms with van der Waals surface area (Å²) in [5.74, 6) is 0.220. The van der Waals surface area contributed by atoms with Crippen LogP contribution in [0.25, 0.3) is 0 Å². The van der Waals surface area contributed by atoms with Gasteiger partial charge in [-0.25, -0.2) is 0 Å². The van der Waals surface area contributed by atoms with Gasteiger partial charge in [0.25, 0.3) is 0 Å². The molecule has 2 N–H and O–H groups in total. The Bertz CT molecular complexity index is 406. The third-order valence-corrected chi connectivity index (χ3v) is 4.85. The van der Waals surface area contributed by atoms with Crippen LogP contribution in [0.2, 0.25) is 0 Å². The van der Waals surface area contributed by atoms with Crippen LogP contribution in [0.3, 0.4) is 0 Å². The number of amides is 1. The first-order valence-electron chi connectivity index (χ1n) is 7.36. The number of nitrogens with zero attached hydrogens (tertiary/aromatic N) is 1. The summed E-state index contributed by atoms with van der Waals surface area (Å²) in [6.07, 6.45) is 3.08. The molecule has 0 aliphatic carbocycles. The molecule has 0 bridgehead atoms. The number of likely N-dealkylation sites (tertiary alicyclic amines) is 1. The van der Waals surface area contributed by atoms with Gasteiger partial charge in [0.1, 0.15) is 0 Å². The van der Waals surface area contributed by atoms with Crippen molar-refractivity contribution in [3.05, 3.63) is 22.4 Å². The molecule has 1 aliphatic heterocycles. The van der Waals surface area contributed by atoms with Crippen LogP contribution in [-0.4, -0.2) is 43.2 Å². The van der Waals surface area contributed by atoms with Crippen molar-refractivity contribution in [1.82, 2.24) is 4.90 Å². The molecule has 1 saturated heterocycles. The monoisotopic (exact) mass is 332 g/mol. The largest absolute Gasteiger partial charge is 0.378 e. The molecule has 1 unspecified atom stereocenters. The molecular weight excluding hydrogens is 308 g/mol. The molecule has 1 aromatic heterocycles. The van der Waals surface area contributed by atoms with Crippen molar-refractivity contribution in [2.75, 3.05) is 26.2 Å². The number of ether oxygens (including phenoxy) is 1. The highest BCUT2D eigenvalue weighted by atomic mass is 35.5. The second-order valence-corrected chi connectivity index (χ2v) is 6.25. The second-order valence-electron chi connectivity index (χ2n) is 5.27. The first-order valence-corrected chi connectivity index (χ1v) is 8.24. The molecular formula is C15H25ClN2O2S. The average molecular weight is 333 g/mol. The van der Waals surface area contributed by atoms with E-state index in [1.807, 2.05) is 29.3 Å². The Kier molecular flexibility index (Phi) is 8.26. The lowest BCUT2D eigenvalue weighted by Crippen LogP contribution is -2.42. The fraction of sp³-hybridized carbons (Fsp3) is 0.667. The van der Waals surface area contributed by atoms with Crippen LogP contribution in [0.5, 0.6) is 0 Å². The van der Waals surface area contributed by atoms with Crippen molar-refractivity contribution >= 4 is 29.7 Å². The molecule has 4 nitrogen and oxygen atoms in total. The number of hydrogen-bond acceptors (Lipinski definition) is 4. The third kappa shape index (κ3) is 5.25. The molecule has 6 heteroatoms. The zero-order valence-electron chi connectivity index (χ0n) is 12.5. The molecule has 0 aromatic carbocycles. The van der Waals surface area contributed by atoms with E-state index >= 15 is 0 Å². The minimum Gasteiger partial charge on any atom is -0.378 e. The molecule has 2 heterocycles. The van der Waals surface area contributed by atoms with Gasteiger partial charge in [-0.3, -0.25) is 4.79 Å². The van der Waals surface area contributed by atoms with E-state index in [1.54, 1.807) is 11.3 Å². The van der Waals surface area contributed by atoms with E-state index in [1.165, 1.54) is 0 Å². The van der Waals surface area contributed by atoms with Crippen LogP contribution in [-0.2, 0) is 9.53 Å². The van der Waals surface area contributed by atoms with E-state index in [4.69, 9.17) is 10.5 Å². The molecule has 1 amide bonds. The lowest BCUT2D eigenvalue weighted by atomic mass is 10.0. The summed E-state index contributed by atoms with van der Waals surface area (Å²) in [5.41, 5.74) is 5.45. The molecule has 1 aromatic rings. The fourth-order valence-corrected chi connectivity index (χ4v) is 3.29. The molecule has 0 saturated carbocycles. The Balaban J connectivity index is 0.00000220. The summed E-state index contributed by atoms with van der Waals surface area (Å²) in [7, 11) is 0. The SMILES string of the molecule is CC(C(=O)N1CCC(OCCCN)CC1)c1cccs1.Cl. The standard InChI is InChI=1S/C15H24N2O2S.ClH/c1-12(14-4-2-11-20-14)15(18)17-8-5-13(6-9-17)19-10-3-7-16;/h2,4,11-13H,3,5-10,16H2,1H3;1H. The van der Waals surface area contributed by atoms with Gasteiger partial charge in [-0.05, 0) is 44.2 Å². The van der Waals surface area contributed by atoms with E-state index in [-0.39, 0.29) is 24.2 Å². The average Bonchev–Trinajstić information content (AvgIpc) is 3.01. The molecule has 1 atom stereocenters. The molecule has 1 aliphatic rings. The summed E-state index contributed by atoms with van der Waals surface area (Å²) in [5, 5.41) is 2.02. The highest BCUT2D eigenvalue weighted by Gasteiger charge is 2.27. The predicted octanol–water partition coefficient (Wildman–Crippen LogP) is 2.63. The third-order valence-electron chi connectivity index (χ3n) is 3.80. The van der Waals surface area contributed by atoms with Gasteiger partial charge in [-0.1, -0.05) is 6.07 Å². The van der Waals surface area contributed by atoms with Crippen LogP contribution in [0, 0.1) is 0 Å². The quantitative estimate of drug-likeness (QED) is 0.815. The van der Waals surface area contributed by atoms with E-state index in [0.717, 1.165) is 43.8 Å². The topological polar surface area (TPSA) is 55.6 Å². The molecule has 21 heavy (non-hydrogen) atoms. The number of halogens is 1. The van der Waals surface area contributed by atoms with Crippen molar-refractivity contribution in [1.29, 1.82) is 0 Å². The van der Waals surface area contributed by atoms with E-state index in [0.29, 0.717) is 12.6 Å². The smallest absolute Gasteiger partial charge is 0.230 e. The number of thiophene rings is 1. The second kappa shape index (κ2) is 9.41. The van der Waals surface area contributed by atoms with Gasteiger partial charge < -0.3 is 15.4 Å². The number of piperidine rings is 1.